The average Bonchev–Trinajstić information content (AvgIpc) is 3.00. The number of unbranched alkanes of at least 4 members (excludes halogenated alkanes) is 1. The third-order valence-electron chi connectivity index (χ3n) is 3.07. The maximum Gasteiger partial charge on any atom is 0.257 e. The zero-order valence-electron chi connectivity index (χ0n) is 13.0. The highest BCUT2D eigenvalue weighted by Crippen LogP contribution is 2.20. The van der Waals surface area contributed by atoms with Crippen molar-refractivity contribution < 1.29 is 14.1 Å². The summed E-state index contributed by atoms with van der Waals surface area (Å²) in [5, 5.41) is 6.65. The quantitative estimate of drug-likeness (QED) is 0.811. The Kier molecular flexibility index (Phi) is 5.94. The summed E-state index contributed by atoms with van der Waals surface area (Å²) in [4.78, 5) is 15.7. The summed E-state index contributed by atoms with van der Waals surface area (Å²) in [7, 11) is 0. The van der Waals surface area contributed by atoms with Crippen LogP contribution in [0.2, 0.25) is 0 Å². The van der Waals surface area contributed by atoms with Gasteiger partial charge in [0.05, 0.1) is 0 Å². The molecular formula is C16H21N3O3. The van der Waals surface area contributed by atoms with Gasteiger partial charge in [-0.3, -0.25) is 4.79 Å². The second-order valence-electron chi connectivity index (χ2n) is 4.88. The van der Waals surface area contributed by atoms with Gasteiger partial charge in [-0.15, -0.1) is 0 Å². The highest BCUT2D eigenvalue weighted by molar-refractivity contribution is 5.77. The molecule has 1 aromatic heterocycles. The van der Waals surface area contributed by atoms with Crippen molar-refractivity contribution in [2.24, 2.45) is 0 Å². The zero-order valence-corrected chi connectivity index (χ0v) is 13.0. The standard InChI is InChI=1S/C16H21N3O3/c1-3-5-6-15-18-16(19-22-15)12-7-9-13(10-8-12)21-11-14(20)17-4-2/h7-10H,3-6,11H2,1-2H3,(H,17,20). The van der Waals surface area contributed by atoms with Gasteiger partial charge in [0.2, 0.25) is 11.7 Å². The Bertz CT molecular complexity index is 593. The van der Waals surface area contributed by atoms with Crippen LogP contribution in [0.4, 0.5) is 0 Å². The van der Waals surface area contributed by atoms with Crippen LogP contribution in [0.15, 0.2) is 28.8 Å². The van der Waals surface area contributed by atoms with Crippen molar-refractivity contribution in [2.75, 3.05) is 13.2 Å². The number of benzene rings is 1. The number of nitrogens with one attached hydrogen (secondary N) is 1. The summed E-state index contributed by atoms with van der Waals surface area (Å²) >= 11 is 0. The molecule has 0 bridgehead atoms. The van der Waals surface area contributed by atoms with Gasteiger partial charge in [-0.05, 0) is 37.6 Å². The molecule has 2 rings (SSSR count). The maximum absolute atomic E-state index is 11.3. The number of likely N-dealkylation sites (N-methyl/N-ethyl adjacent to an activating group) is 1. The van der Waals surface area contributed by atoms with Gasteiger partial charge in [0.15, 0.2) is 6.61 Å². The Hall–Kier alpha value is -2.37. The largest absolute Gasteiger partial charge is 0.484 e. The monoisotopic (exact) mass is 303 g/mol. The molecule has 1 heterocycles. The summed E-state index contributed by atoms with van der Waals surface area (Å²) in [6, 6.07) is 7.27. The Labute approximate surface area is 129 Å². The second kappa shape index (κ2) is 8.17. The van der Waals surface area contributed by atoms with Crippen LogP contribution >= 0.6 is 0 Å². The number of nitrogens with zero attached hydrogens (tertiary/aromatic N) is 2. The summed E-state index contributed by atoms with van der Waals surface area (Å²) < 4.78 is 10.6. The van der Waals surface area contributed by atoms with E-state index in [1.54, 1.807) is 12.1 Å². The summed E-state index contributed by atoms with van der Waals surface area (Å²) in [6.45, 7) is 4.60. The molecule has 0 unspecified atom stereocenters. The SMILES string of the molecule is CCCCc1nc(-c2ccc(OCC(=O)NCC)cc2)no1. The normalized spacial score (nSPS) is 10.5. The van der Waals surface area contributed by atoms with Crippen LogP contribution in [0.25, 0.3) is 11.4 Å². The van der Waals surface area contributed by atoms with Crippen molar-refractivity contribution in [3.63, 3.8) is 0 Å². The van der Waals surface area contributed by atoms with Gasteiger partial charge in [-0.2, -0.15) is 4.98 Å². The molecule has 1 N–H and O–H groups in total. The number of rotatable bonds is 8. The van der Waals surface area contributed by atoms with Crippen molar-refractivity contribution in [2.45, 2.75) is 33.1 Å². The summed E-state index contributed by atoms with van der Waals surface area (Å²) in [6.07, 6.45) is 2.93. The van der Waals surface area contributed by atoms with Crippen LogP contribution in [-0.4, -0.2) is 29.2 Å². The molecule has 0 aliphatic carbocycles. The van der Waals surface area contributed by atoms with Crippen molar-refractivity contribution >= 4 is 5.91 Å². The van der Waals surface area contributed by atoms with Crippen LogP contribution in [0.1, 0.15) is 32.6 Å². The molecule has 2 aromatic rings. The van der Waals surface area contributed by atoms with Gasteiger partial charge in [0, 0.05) is 18.5 Å². The number of amides is 1. The van der Waals surface area contributed by atoms with E-state index < -0.39 is 0 Å². The molecule has 0 aliphatic rings. The van der Waals surface area contributed by atoms with Crippen LogP contribution in [-0.2, 0) is 11.2 Å². The van der Waals surface area contributed by atoms with Gasteiger partial charge in [0.25, 0.3) is 5.91 Å². The zero-order chi connectivity index (χ0) is 15.8. The van der Waals surface area contributed by atoms with E-state index in [4.69, 9.17) is 9.26 Å². The summed E-state index contributed by atoms with van der Waals surface area (Å²) in [5.74, 6) is 1.73. The fraction of sp³-hybridized carbons (Fsp3) is 0.438. The lowest BCUT2D eigenvalue weighted by atomic mass is 10.2. The minimum absolute atomic E-state index is 0.0105. The lowest BCUT2D eigenvalue weighted by Crippen LogP contribution is -2.28. The molecule has 118 valence electrons. The number of hydrogen-bond donors (Lipinski definition) is 1. The second-order valence-corrected chi connectivity index (χ2v) is 4.88. The fourth-order valence-electron chi connectivity index (χ4n) is 1.90. The molecular weight excluding hydrogens is 282 g/mol. The van der Waals surface area contributed by atoms with E-state index in [0.29, 0.717) is 24.0 Å². The number of hydrogen-bond acceptors (Lipinski definition) is 5. The highest BCUT2D eigenvalue weighted by Gasteiger charge is 2.08. The Morgan fingerprint density at radius 2 is 2.05 bits per heavy atom. The van der Waals surface area contributed by atoms with E-state index in [9.17, 15) is 4.79 Å². The average molecular weight is 303 g/mol. The lowest BCUT2D eigenvalue weighted by Gasteiger charge is -2.06. The maximum atomic E-state index is 11.3. The third-order valence-corrected chi connectivity index (χ3v) is 3.07. The van der Waals surface area contributed by atoms with E-state index in [1.165, 1.54) is 0 Å². The Morgan fingerprint density at radius 1 is 1.27 bits per heavy atom. The fourth-order valence-corrected chi connectivity index (χ4v) is 1.90. The van der Waals surface area contributed by atoms with Gasteiger partial charge in [-0.25, -0.2) is 0 Å². The first-order valence-corrected chi connectivity index (χ1v) is 7.55. The predicted molar refractivity (Wildman–Crippen MR) is 82.5 cm³/mol. The van der Waals surface area contributed by atoms with E-state index in [-0.39, 0.29) is 12.5 Å². The van der Waals surface area contributed by atoms with Crippen LogP contribution in [0.3, 0.4) is 0 Å². The van der Waals surface area contributed by atoms with Gasteiger partial charge >= 0.3 is 0 Å². The topological polar surface area (TPSA) is 77.2 Å². The number of carbonyl (C=O) groups excluding carboxylic acids is 1. The van der Waals surface area contributed by atoms with E-state index in [0.717, 1.165) is 24.8 Å². The molecule has 0 atom stereocenters. The minimum Gasteiger partial charge on any atom is -0.484 e. The number of ether oxygens (including phenoxy) is 1. The van der Waals surface area contributed by atoms with E-state index in [2.05, 4.69) is 22.4 Å². The number of aromatic nitrogens is 2. The first-order valence-electron chi connectivity index (χ1n) is 7.55. The van der Waals surface area contributed by atoms with E-state index >= 15 is 0 Å². The van der Waals surface area contributed by atoms with Gasteiger partial charge < -0.3 is 14.6 Å². The smallest absolute Gasteiger partial charge is 0.257 e. The van der Waals surface area contributed by atoms with E-state index in [1.807, 2.05) is 19.1 Å². The Balaban J connectivity index is 1.93. The van der Waals surface area contributed by atoms with Gasteiger partial charge in [-0.1, -0.05) is 18.5 Å². The lowest BCUT2D eigenvalue weighted by molar-refractivity contribution is -0.122. The number of aryl methyl sites for hydroxylation is 1. The van der Waals surface area contributed by atoms with Crippen LogP contribution in [0.5, 0.6) is 5.75 Å². The van der Waals surface area contributed by atoms with Gasteiger partial charge in [0.1, 0.15) is 5.75 Å². The van der Waals surface area contributed by atoms with Crippen LogP contribution < -0.4 is 10.1 Å². The van der Waals surface area contributed by atoms with Crippen molar-refractivity contribution in [1.29, 1.82) is 0 Å². The molecule has 6 heteroatoms. The molecule has 6 nitrogen and oxygen atoms in total. The number of carbonyl (C=O) groups is 1. The molecule has 0 saturated carbocycles. The van der Waals surface area contributed by atoms with Crippen molar-refractivity contribution in [3.8, 4) is 17.1 Å². The molecule has 0 aliphatic heterocycles. The first kappa shape index (κ1) is 16.0. The van der Waals surface area contributed by atoms with Crippen LogP contribution in [0, 0.1) is 0 Å². The molecule has 0 radical (unpaired) electrons. The molecule has 0 fully saturated rings. The molecule has 1 amide bonds. The highest BCUT2D eigenvalue weighted by atomic mass is 16.5. The Morgan fingerprint density at radius 3 is 2.73 bits per heavy atom. The summed E-state index contributed by atoms with van der Waals surface area (Å²) in [5.41, 5.74) is 0.858. The third kappa shape index (κ3) is 4.58. The molecule has 0 saturated heterocycles. The molecule has 0 spiro atoms. The minimum atomic E-state index is -0.134. The predicted octanol–water partition coefficient (Wildman–Crippen LogP) is 2.59. The first-order chi connectivity index (χ1) is 10.7. The van der Waals surface area contributed by atoms with Crippen molar-refractivity contribution in [1.82, 2.24) is 15.5 Å². The molecule has 22 heavy (non-hydrogen) atoms. The molecule has 1 aromatic carbocycles. The van der Waals surface area contributed by atoms with Crippen molar-refractivity contribution in [3.05, 3.63) is 30.2 Å².